The fourth-order valence-electron chi connectivity index (χ4n) is 1.36. The molecule has 0 saturated carbocycles. The molecule has 1 rings (SSSR count). The van der Waals surface area contributed by atoms with E-state index in [9.17, 15) is 4.79 Å². The summed E-state index contributed by atoms with van der Waals surface area (Å²) in [4.78, 5) is 11.9. The molecule has 0 spiro atoms. The molecule has 1 N–H and O–H groups in total. The highest BCUT2D eigenvalue weighted by Gasteiger charge is 2.32. The van der Waals surface area contributed by atoms with Gasteiger partial charge in [0.05, 0.1) is 25.4 Å². The summed E-state index contributed by atoms with van der Waals surface area (Å²) in [5.41, 5.74) is -0.252. The van der Waals surface area contributed by atoms with Crippen LogP contribution in [0, 0.1) is 0 Å². The van der Waals surface area contributed by atoms with Crippen LogP contribution in [-0.4, -0.2) is 48.0 Å². The van der Waals surface area contributed by atoms with Gasteiger partial charge in [0.2, 0.25) is 0 Å². The number of amides is 1. The van der Waals surface area contributed by atoms with Gasteiger partial charge in [-0.1, -0.05) is 38.8 Å². The van der Waals surface area contributed by atoms with Crippen molar-refractivity contribution < 1.29 is 14.3 Å². The summed E-state index contributed by atoms with van der Waals surface area (Å²) >= 11 is 6.86. The molecule has 6 heteroatoms. The molecule has 1 atom stereocenters. The van der Waals surface area contributed by atoms with Crippen LogP contribution in [0.5, 0.6) is 0 Å². The van der Waals surface area contributed by atoms with Gasteiger partial charge in [0, 0.05) is 10.7 Å². The highest BCUT2D eigenvalue weighted by Crippen LogP contribution is 2.17. The van der Waals surface area contributed by atoms with Gasteiger partial charge in [-0.15, -0.1) is 0 Å². The van der Waals surface area contributed by atoms with Gasteiger partial charge in [0.1, 0.15) is 0 Å². The molecule has 1 aliphatic rings. The van der Waals surface area contributed by atoms with Crippen molar-refractivity contribution in [2.45, 2.75) is 25.0 Å². The average molecular weight is 359 g/mol. The summed E-state index contributed by atoms with van der Waals surface area (Å²) in [6, 6.07) is 0. The summed E-state index contributed by atoms with van der Waals surface area (Å²) < 4.78 is 10.6. The first-order valence-corrected chi connectivity index (χ1v) is 7.55. The Bertz CT molecular complexity index is 220. The van der Waals surface area contributed by atoms with Gasteiger partial charge in [-0.25, -0.2) is 0 Å². The van der Waals surface area contributed by atoms with Crippen LogP contribution < -0.4 is 5.32 Å². The molecule has 1 aliphatic heterocycles. The van der Waals surface area contributed by atoms with Gasteiger partial charge in [-0.05, 0) is 6.42 Å². The minimum absolute atomic E-state index is 0.0968. The van der Waals surface area contributed by atoms with E-state index in [1.54, 1.807) is 0 Å². The van der Waals surface area contributed by atoms with E-state index in [1.807, 2.05) is 6.92 Å². The maximum Gasteiger partial charge on any atom is 0.252 e. The van der Waals surface area contributed by atoms with E-state index >= 15 is 0 Å². The van der Waals surface area contributed by atoms with Crippen molar-refractivity contribution in [2.24, 2.45) is 0 Å². The summed E-state index contributed by atoms with van der Waals surface area (Å²) in [5.74, 6) is -0.0968. The third-order valence-corrected chi connectivity index (χ3v) is 4.83. The summed E-state index contributed by atoms with van der Waals surface area (Å²) in [5, 5.41) is 4.43. The molecule has 4 nitrogen and oxygen atoms in total. The van der Waals surface area contributed by atoms with Crippen LogP contribution in [0.4, 0.5) is 0 Å². The molecule has 0 aromatic carbocycles. The van der Waals surface area contributed by atoms with E-state index in [1.165, 1.54) is 0 Å². The maximum absolute atomic E-state index is 11.9. The van der Waals surface area contributed by atoms with E-state index in [0.29, 0.717) is 30.5 Å². The molecule has 94 valence electrons. The number of rotatable bonds is 5. The van der Waals surface area contributed by atoms with E-state index in [4.69, 9.17) is 9.47 Å². The first-order chi connectivity index (χ1) is 7.67. The van der Waals surface area contributed by atoms with Crippen LogP contribution >= 0.6 is 31.9 Å². The van der Waals surface area contributed by atoms with Gasteiger partial charge < -0.3 is 14.8 Å². The topological polar surface area (TPSA) is 47.6 Å². The Hall–Kier alpha value is 0.350. The Morgan fingerprint density at radius 3 is 2.56 bits per heavy atom. The minimum Gasteiger partial charge on any atom is -0.376 e. The second kappa shape index (κ2) is 6.93. The zero-order chi connectivity index (χ0) is 12.0. The molecule has 1 heterocycles. The van der Waals surface area contributed by atoms with Crippen molar-refractivity contribution >= 4 is 37.8 Å². The largest absolute Gasteiger partial charge is 0.376 e. The van der Waals surface area contributed by atoms with E-state index < -0.39 is 6.10 Å². The minimum atomic E-state index is -0.474. The van der Waals surface area contributed by atoms with Gasteiger partial charge in [-0.2, -0.15) is 0 Å². The first kappa shape index (κ1) is 14.4. The fraction of sp³-hybridized carbons (Fsp3) is 0.900. The number of hydrogen-bond donors (Lipinski definition) is 1. The quantitative estimate of drug-likeness (QED) is 0.757. The number of carbonyl (C=O) groups excluding carboxylic acids is 1. The van der Waals surface area contributed by atoms with Crippen molar-refractivity contribution in [2.75, 3.05) is 30.5 Å². The number of carbonyl (C=O) groups is 1. The van der Waals surface area contributed by atoms with Crippen LogP contribution in [0.2, 0.25) is 0 Å². The third kappa shape index (κ3) is 3.68. The molecule has 1 amide bonds. The number of nitrogens with one attached hydrogen (secondary N) is 1. The molecule has 16 heavy (non-hydrogen) atoms. The SMILES string of the molecule is CCC(CBr)(CBr)NC(=O)C1COCCO1. The van der Waals surface area contributed by atoms with Crippen molar-refractivity contribution in [3.8, 4) is 0 Å². The smallest absolute Gasteiger partial charge is 0.252 e. The van der Waals surface area contributed by atoms with Gasteiger partial charge in [0.15, 0.2) is 6.10 Å². The zero-order valence-corrected chi connectivity index (χ0v) is 12.5. The van der Waals surface area contributed by atoms with Crippen LogP contribution in [0.1, 0.15) is 13.3 Å². The van der Waals surface area contributed by atoms with Crippen LogP contribution in [-0.2, 0) is 14.3 Å². The number of alkyl halides is 2. The zero-order valence-electron chi connectivity index (χ0n) is 9.30. The second-order valence-electron chi connectivity index (χ2n) is 3.82. The summed E-state index contributed by atoms with van der Waals surface area (Å²) in [6.45, 7) is 3.44. The van der Waals surface area contributed by atoms with Crippen LogP contribution in [0.3, 0.4) is 0 Å². The Morgan fingerprint density at radius 2 is 2.12 bits per heavy atom. The Morgan fingerprint density at radius 1 is 1.44 bits per heavy atom. The highest BCUT2D eigenvalue weighted by molar-refractivity contribution is 9.09. The molecule has 1 unspecified atom stereocenters. The lowest BCUT2D eigenvalue weighted by Gasteiger charge is -2.32. The van der Waals surface area contributed by atoms with Crippen molar-refractivity contribution in [3.05, 3.63) is 0 Å². The average Bonchev–Trinajstić information content (AvgIpc) is 2.37. The van der Waals surface area contributed by atoms with Gasteiger partial charge in [-0.3, -0.25) is 4.79 Å². The molecule has 1 fully saturated rings. The van der Waals surface area contributed by atoms with Crippen LogP contribution in [0.15, 0.2) is 0 Å². The summed E-state index contributed by atoms with van der Waals surface area (Å²) in [7, 11) is 0. The predicted molar refractivity (Wildman–Crippen MR) is 69.3 cm³/mol. The Kier molecular flexibility index (Phi) is 6.25. The molecule has 1 saturated heterocycles. The molecule has 0 radical (unpaired) electrons. The van der Waals surface area contributed by atoms with Crippen molar-refractivity contribution in [1.29, 1.82) is 0 Å². The van der Waals surface area contributed by atoms with E-state index in [0.717, 1.165) is 6.42 Å². The van der Waals surface area contributed by atoms with Crippen molar-refractivity contribution in [1.82, 2.24) is 5.32 Å². The maximum atomic E-state index is 11.9. The molecule has 0 aromatic heterocycles. The summed E-state index contributed by atoms with van der Waals surface area (Å²) in [6.07, 6.45) is 0.376. The molecular weight excluding hydrogens is 342 g/mol. The number of ether oxygens (including phenoxy) is 2. The number of hydrogen-bond acceptors (Lipinski definition) is 3. The molecule has 0 aromatic rings. The van der Waals surface area contributed by atoms with E-state index in [2.05, 4.69) is 37.2 Å². The molecule has 0 aliphatic carbocycles. The van der Waals surface area contributed by atoms with Crippen LogP contribution in [0.25, 0.3) is 0 Å². The molecule has 0 bridgehead atoms. The van der Waals surface area contributed by atoms with Crippen molar-refractivity contribution in [3.63, 3.8) is 0 Å². The lowest BCUT2D eigenvalue weighted by Crippen LogP contribution is -2.56. The van der Waals surface area contributed by atoms with Gasteiger partial charge >= 0.3 is 0 Å². The Balaban J connectivity index is 2.53. The Labute approximate surface area is 113 Å². The third-order valence-electron chi connectivity index (χ3n) is 2.69. The lowest BCUT2D eigenvalue weighted by molar-refractivity contribution is -0.149. The van der Waals surface area contributed by atoms with E-state index in [-0.39, 0.29) is 11.4 Å². The first-order valence-electron chi connectivity index (χ1n) is 5.31. The standard InChI is InChI=1S/C10H17Br2NO3/c1-2-10(6-11,7-12)13-9(14)8-5-15-3-4-16-8/h8H,2-7H2,1H3,(H,13,14). The normalized spacial score (nSPS) is 21.8. The monoisotopic (exact) mass is 357 g/mol. The highest BCUT2D eigenvalue weighted by atomic mass is 79.9. The number of halogens is 2. The second-order valence-corrected chi connectivity index (χ2v) is 4.95. The lowest BCUT2D eigenvalue weighted by atomic mass is 10.0. The fourth-order valence-corrected chi connectivity index (χ4v) is 3.36. The predicted octanol–water partition coefficient (Wildman–Crippen LogP) is 1.46. The van der Waals surface area contributed by atoms with Gasteiger partial charge in [0.25, 0.3) is 5.91 Å². The molecular formula is C10H17Br2NO3.